The number of ketones is 2. The molecule has 0 fully saturated rings. The van der Waals surface area contributed by atoms with Gasteiger partial charge in [0.25, 0.3) is 0 Å². The summed E-state index contributed by atoms with van der Waals surface area (Å²) >= 11 is 0. The van der Waals surface area contributed by atoms with Crippen molar-refractivity contribution in [2.24, 2.45) is 0 Å². The maximum absolute atomic E-state index is 11.2. The first-order valence-electron chi connectivity index (χ1n) is 7.61. The van der Waals surface area contributed by atoms with Crippen molar-refractivity contribution in [3.8, 4) is 0 Å². The first-order chi connectivity index (χ1) is 13.2. The molecule has 0 amide bonds. The smallest absolute Gasteiger partial charge is 0.872 e. The summed E-state index contributed by atoms with van der Waals surface area (Å²) in [7, 11) is 0. The van der Waals surface area contributed by atoms with E-state index in [9.17, 15) is 39.6 Å². The molecule has 0 aliphatic carbocycles. The molecule has 0 saturated carbocycles. The predicted octanol–water partition coefficient (Wildman–Crippen LogP) is -2.59. The Hall–Kier alpha value is -3.16. The number of aliphatic carboxylic acids is 2. The van der Waals surface area contributed by atoms with Crippen molar-refractivity contribution in [1.29, 1.82) is 0 Å². The van der Waals surface area contributed by atoms with Gasteiger partial charge in [0.05, 0.1) is 0 Å². The Labute approximate surface area is 192 Å². The second-order valence-electron chi connectivity index (χ2n) is 5.05. The van der Waals surface area contributed by atoms with E-state index in [1.54, 1.807) is 36.4 Å². The maximum Gasteiger partial charge on any atom is 2.00 e. The summed E-state index contributed by atoms with van der Waals surface area (Å²) in [5.74, 6) is -7.68. The minimum absolute atomic E-state index is 0. The van der Waals surface area contributed by atoms with Crippen molar-refractivity contribution < 1.29 is 73.7 Å². The van der Waals surface area contributed by atoms with Gasteiger partial charge in [0.1, 0.15) is 11.9 Å². The van der Waals surface area contributed by atoms with Gasteiger partial charge in [0, 0.05) is 0 Å². The molecule has 2 radical (unpaired) electrons. The first kappa shape index (κ1) is 29.0. The first-order valence-corrected chi connectivity index (χ1v) is 7.61. The summed E-state index contributed by atoms with van der Waals surface area (Å²) < 4.78 is 0. The molecular weight excluding hydrogens is 478 g/mol. The standard InChI is InChI=1S/2C10H8O4.2Mn/c2*11-8(6-9(12)10(13)14)7-4-2-1-3-5-7;;/h2*1-6,11H,(H,13,14);;/q;;2*+2/p-4/b2*8-6-;;. The van der Waals surface area contributed by atoms with Crippen LogP contribution in [0, 0.1) is 0 Å². The van der Waals surface area contributed by atoms with Gasteiger partial charge in [0.15, 0.2) is 0 Å². The van der Waals surface area contributed by atoms with Crippen LogP contribution in [0.1, 0.15) is 11.1 Å². The summed E-state index contributed by atoms with van der Waals surface area (Å²) in [6.45, 7) is 0. The van der Waals surface area contributed by atoms with Crippen molar-refractivity contribution in [2.75, 3.05) is 0 Å². The van der Waals surface area contributed by atoms with E-state index in [2.05, 4.69) is 0 Å². The van der Waals surface area contributed by atoms with Crippen LogP contribution in [0.4, 0.5) is 0 Å². The van der Waals surface area contributed by atoms with E-state index in [-0.39, 0.29) is 45.3 Å². The fraction of sp³-hybridized carbons (Fsp3) is 0. The van der Waals surface area contributed by atoms with Crippen LogP contribution in [0.15, 0.2) is 72.8 Å². The third kappa shape index (κ3) is 10.4. The van der Waals surface area contributed by atoms with Gasteiger partial charge in [-0.15, -0.1) is 0 Å². The number of carbonyl (C=O) groups is 4. The molecule has 0 N–H and O–H groups in total. The molecule has 0 spiro atoms. The molecule has 30 heavy (non-hydrogen) atoms. The topological polar surface area (TPSA) is 161 Å². The third-order valence-corrected chi connectivity index (χ3v) is 3.04. The molecule has 8 nitrogen and oxygen atoms in total. The fourth-order valence-corrected chi connectivity index (χ4v) is 1.73. The second-order valence-corrected chi connectivity index (χ2v) is 5.05. The van der Waals surface area contributed by atoms with Crippen LogP contribution in [0.5, 0.6) is 0 Å². The van der Waals surface area contributed by atoms with Gasteiger partial charge in [-0.2, -0.15) is 0 Å². The monoisotopic (exact) mass is 490 g/mol. The predicted molar refractivity (Wildman–Crippen MR) is 88.9 cm³/mol. The molecule has 0 aliphatic heterocycles. The molecule has 2 aromatic rings. The second kappa shape index (κ2) is 14.8. The summed E-state index contributed by atoms with van der Waals surface area (Å²) in [6.07, 6.45) is 1.01. The van der Waals surface area contributed by atoms with Gasteiger partial charge in [0.2, 0.25) is 11.6 Å². The zero-order valence-corrected chi connectivity index (χ0v) is 17.3. The van der Waals surface area contributed by atoms with E-state index in [1.165, 1.54) is 24.3 Å². The average molecular weight is 490 g/mol. The van der Waals surface area contributed by atoms with Gasteiger partial charge in [-0.05, 0) is 23.3 Å². The minimum Gasteiger partial charge on any atom is -0.872 e. The van der Waals surface area contributed by atoms with Gasteiger partial charge in [-0.1, -0.05) is 72.2 Å². The zero-order chi connectivity index (χ0) is 21.1. The zero-order valence-electron chi connectivity index (χ0n) is 15.0. The summed E-state index contributed by atoms with van der Waals surface area (Å²) in [4.78, 5) is 41.2. The van der Waals surface area contributed by atoms with Gasteiger partial charge in [-0.25, -0.2) is 0 Å². The molecule has 2 aromatic carbocycles. The van der Waals surface area contributed by atoms with Gasteiger partial charge < -0.3 is 30.0 Å². The van der Waals surface area contributed by atoms with E-state index < -0.39 is 35.0 Å². The Kier molecular flexibility index (Phi) is 14.3. The Bertz CT molecular complexity index is 845. The molecule has 0 bridgehead atoms. The van der Waals surface area contributed by atoms with Crippen molar-refractivity contribution in [1.82, 2.24) is 0 Å². The summed E-state index contributed by atoms with van der Waals surface area (Å²) in [6, 6.07) is 15.8. The van der Waals surface area contributed by atoms with Crippen molar-refractivity contribution >= 4 is 35.0 Å². The fourth-order valence-electron chi connectivity index (χ4n) is 1.73. The van der Waals surface area contributed by atoms with Crippen LogP contribution in [0.25, 0.3) is 11.5 Å². The van der Waals surface area contributed by atoms with Crippen LogP contribution in [0.2, 0.25) is 0 Å². The molecule has 0 saturated heterocycles. The number of rotatable bonds is 6. The molecule has 0 heterocycles. The van der Waals surface area contributed by atoms with Crippen LogP contribution in [0.3, 0.4) is 0 Å². The molecule has 10 heteroatoms. The SMILES string of the molecule is O=C([O-])C(=O)/C=C(\[O-])c1ccccc1.O=C([O-])C(=O)/C=C(\[O-])c1ccccc1.[Mn+2].[Mn+2]. The number of hydrogen-bond donors (Lipinski definition) is 0. The molecule has 0 aromatic heterocycles. The van der Waals surface area contributed by atoms with Crippen molar-refractivity contribution in [2.45, 2.75) is 0 Å². The molecule has 0 unspecified atom stereocenters. The molecular formula is C20H12Mn2O8. The Morgan fingerprint density at radius 2 is 0.800 bits per heavy atom. The van der Waals surface area contributed by atoms with Crippen molar-refractivity contribution in [3.05, 3.63) is 83.9 Å². The summed E-state index contributed by atoms with van der Waals surface area (Å²) in [5.41, 5.74) is 0.532. The van der Waals surface area contributed by atoms with Crippen LogP contribution in [-0.2, 0) is 53.3 Å². The number of carboxylic acids is 2. The van der Waals surface area contributed by atoms with E-state index in [0.29, 0.717) is 12.2 Å². The Morgan fingerprint density at radius 3 is 1.03 bits per heavy atom. The van der Waals surface area contributed by atoms with E-state index in [0.717, 1.165) is 0 Å². The van der Waals surface area contributed by atoms with E-state index >= 15 is 0 Å². The molecule has 0 aliphatic rings. The maximum atomic E-state index is 11.2. The number of benzene rings is 2. The van der Waals surface area contributed by atoms with Gasteiger partial charge in [-0.3, -0.25) is 9.59 Å². The molecule has 2 rings (SSSR count). The van der Waals surface area contributed by atoms with Gasteiger partial charge >= 0.3 is 34.1 Å². The normalized spacial score (nSPS) is 10.3. The van der Waals surface area contributed by atoms with E-state index in [4.69, 9.17) is 0 Å². The number of hydrogen-bond acceptors (Lipinski definition) is 8. The van der Waals surface area contributed by atoms with E-state index in [1.807, 2.05) is 0 Å². The van der Waals surface area contributed by atoms with Crippen LogP contribution in [-0.4, -0.2) is 23.5 Å². The largest absolute Gasteiger partial charge is 2.00 e. The van der Waals surface area contributed by atoms with Crippen molar-refractivity contribution in [3.63, 3.8) is 0 Å². The van der Waals surface area contributed by atoms with Crippen LogP contribution >= 0.6 is 0 Å². The van der Waals surface area contributed by atoms with Crippen LogP contribution < -0.4 is 20.4 Å². The minimum atomic E-state index is -1.88. The number of carbonyl (C=O) groups excluding carboxylic acids is 4. The number of carboxylic acid groups (broad SMARTS) is 2. The Balaban J connectivity index is 0. The average Bonchev–Trinajstić information content (AvgIpc) is 2.69. The molecule has 0 atom stereocenters. The summed E-state index contributed by atoms with van der Waals surface area (Å²) in [5, 5.41) is 42.4. The quantitative estimate of drug-likeness (QED) is 0.185. The Morgan fingerprint density at radius 1 is 0.533 bits per heavy atom. The third-order valence-electron chi connectivity index (χ3n) is 3.04. The molecule has 154 valence electrons.